The highest BCUT2D eigenvalue weighted by Gasteiger charge is 2.38. The number of benzene rings is 1. The quantitative estimate of drug-likeness (QED) is 0.420. The molecule has 30 heavy (non-hydrogen) atoms. The van der Waals surface area contributed by atoms with Gasteiger partial charge in [-0.2, -0.15) is 0 Å². The number of hydrogen-bond donors (Lipinski definition) is 3. The number of aromatic nitrogens is 1. The zero-order valence-electron chi connectivity index (χ0n) is 18.0. The molecule has 3 atom stereocenters. The summed E-state index contributed by atoms with van der Waals surface area (Å²) in [5.74, 6) is 0. The van der Waals surface area contributed by atoms with Crippen LogP contribution in [0.3, 0.4) is 0 Å². The van der Waals surface area contributed by atoms with E-state index in [1.807, 2.05) is 0 Å². The first kappa shape index (κ1) is 25.4. The van der Waals surface area contributed by atoms with Gasteiger partial charge in [0.15, 0.2) is 6.10 Å². The Kier molecular flexibility index (Phi) is 9.04. The number of quaternary nitrogens is 2. The van der Waals surface area contributed by atoms with Crippen LogP contribution in [0.4, 0.5) is 0 Å². The molecule has 170 valence electrons. The van der Waals surface area contributed by atoms with Crippen molar-refractivity contribution in [2.45, 2.75) is 64.1 Å². The van der Waals surface area contributed by atoms with Crippen molar-refractivity contribution >= 4 is 10.9 Å². The van der Waals surface area contributed by atoms with Gasteiger partial charge >= 0.3 is 0 Å². The van der Waals surface area contributed by atoms with Crippen LogP contribution in [0.5, 0.6) is 0 Å². The third-order valence-corrected chi connectivity index (χ3v) is 7.35. The van der Waals surface area contributed by atoms with Crippen molar-refractivity contribution in [2.24, 2.45) is 0 Å². The summed E-state index contributed by atoms with van der Waals surface area (Å²) < 4.78 is 2.61. The lowest BCUT2D eigenvalue weighted by molar-refractivity contribution is -0.950. The lowest BCUT2D eigenvalue weighted by atomic mass is 9.89. The topological polar surface area (TPSA) is 65.5 Å². The minimum absolute atomic E-state index is 0. The standard InChI is InChI=1S/C23H33N3O.2ClH.H2O/c1-17-8-9-21-20(14-17)19-6-5-7-22-23(19)26(21)13-12-25(22)16-18(27)15-24-10-3-2-4-11-24;;;/h8-9,14,18,22,27H,2-7,10-13,15-16H2,1H3;2*1H;1H2. The van der Waals surface area contributed by atoms with Gasteiger partial charge in [-0.15, -0.1) is 0 Å². The molecule has 1 aliphatic carbocycles. The Morgan fingerprint density at radius 1 is 1.07 bits per heavy atom. The molecule has 7 heteroatoms. The number of rotatable bonds is 4. The monoisotopic (exact) mass is 457 g/mol. The molecule has 1 aromatic carbocycles. The summed E-state index contributed by atoms with van der Waals surface area (Å²) >= 11 is 0. The highest BCUT2D eigenvalue weighted by Crippen LogP contribution is 2.37. The van der Waals surface area contributed by atoms with Crippen LogP contribution in [0.1, 0.15) is 55.0 Å². The van der Waals surface area contributed by atoms with Gasteiger partial charge in [0.1, 0.15) is 19.1 Å². The number of nitrogens with one attached hydrogen (secondary N) is 2. The molecule has 5 N–H and O–H groups in total. The normalized spacial score (nSPS) is 24.2. The third kappa shape index (κ3) is 4.67. The fraction of sp³-hybridized carbons (Fsp3) is 0.652. The number of hydrogen-bond acceptors (Lipinski definition) is 1. The van der Waals surface area contributed by atoms with Crippen LogP contribution < -0.4 is 34.6 Å². The molecule has 3 heterocycles. The van der Waals surface area contributed by atoms with Crippen LogP contribution in [-0.2, 0) is 13.0 Å². The molecule has 0 spiro atoms. The average Bonchev–Trinajstić information content (AvgIpc) is 2.99. The predicted molar refractivity (Wildman–Crippen MR) is 112 cm³/mol. The van der Waals surface area contributed by atoms with E-state index < -0.39 is 0 Å². The van der Waals surface area contributed by atoms with Gasteiger partial charge in [0, 0.05) is 17.3 Å². The number of aliphatic hydroxyl groups is 1. The largest absolute Gasteiger partial charge is 1.00 e. The number of aliphatic hydroxyl groups excluding tert-OH is 1. The first-order valence-corrected chi connectivity index (χ1v) is 11.2. The van der Waals surface area contributed by atoms with Crippen molar-refractivity contribution in [2.75, 3.05) is 32.7 Å². The summed E-state index contributed by atoms with van der Waals surface area (Å²) in [7, 11) is 0. The molecule has 1 saturated heterocycles. The maximum Gasteiger partial charge on any atom is 0.152 e. The van der Waals surface area contributed by atoms with Gasteiger partial charge in [-0.1, -0.05) is 11.6 Å². The van der Waals surface area contributed by atoms with E-state index in [0.717, 1.165) is 26.2 Å². The number of halogens is 2. The first-order chi connectivity index (χ1) is 13.2. The van der Waals surface area contributed by atoms with Crippen molar-refractivity contribution in [3.05, 3.63) is 35.0 Å². The lowest BCUT2D eigenvalue weighted by Gasteiger charge is -2.38. The van der Waals surface area contributed by atoms with Crippen LogP contribution in [0, 0.1) is 6.92 Å². The summed E-state index contributed by atoms with van der Waals surface area (Å²) in [6, 6.07) is 7.57. The zero-order valence-corrected chi connectivity index (χ0v) is 19.5. The van der Waals surface area contributed by atoms with Crippen molar-refractivity contribution < 1.29 is 45.2 Å². The van der Waals surface area contributed by atoms with Crippen LogP contribution >= 0.6 is 0 Å². The molecule has 3 aliphatic rings. The van der Waals surface area contributed by atoms with E-state index in [9.17, 15) is 5.11 Å². The minimum atomic E-state index is -0.156. The molecule has 1 fully saturated rings. The Labute approximate surface area is 192 Å². The van der Waals surface area contributed by atoms with E-state index in [2.05, 4.69) is 29.7 Å². The summed E-state index contributed by atoms with van der Waals surface area (Å²) in [6.07, 6.45) is 7.70. The molecular weight excluding hydrogens is 421 g/mol. The SMILES string of the molecule is Cc1ccc2c(c1)c1c3n2CC[NH+](CC(O)C[NH+]2CCCCC2)C3CCC1.O.[Cl-].[Cl-]. The van der Waals surface area contributed by atoms with Crippen molar-refractivity contribution in [1.29, 1.82) is 0 Å². The summed E-state index contributed by atoms with van der Waals surface area (Å²) in [5.41, 5.74) is 6.02. The third-order valence-electron chi connectivity index (χ3n) is 7.35. The molecular formula is C23H37Cl2N3O2. The minimum Gasteiger partial charge on any atom is -1.00 e. The average molecular weight is 458 g/mol. The van der Waals surface area contributed by atoms with Crippen molar-refractivity contribution in [3.63, 3.8) is 0 Å². The Balaban J connectivity index is 0.00000107. The lowest BCUT2D eigenvalue weighted by Crippen LogP contribution is -3.18. The molecule has 1 aromatic heterocycles. The Morgan fingerprint density at radius 3 is 2.60 bits per heavy atom. The van der Waals surface area contributed by atoms with Gasteiger partial charge in [-0.3, -0.25) is 0 Å². The summed E-state index contributed by atoms with van der Waals surface area (Å²) in [5, 5.41) is 12.3. The summed E-state index contributed by atoms with van der Waals surface area (Å²) in [4.78, 5) is 3.26. The van der Waals surface area contributed by atoms with E-state index in [0.29, 0.717) is 6.04 Å². The van der Waals surface area contributed by atoms with Crippen molar-refractivity contribution in [3.8, 4) is 0 Å². The molecule has 0 radical (unpaired) electrons. The van der Waals surface area contributed by atoms with E-state index in [1.165, 1.54) is 68.1 Å². The fourth-order valence-corrected chi connectivity index (χ4v) is 6.11. The Morgan fingerprint density at radius 2 is 1.83 bits per heavy atom. The molecule has 2 aromatic rings. The highest BCUT2D eigenvalue weighted by atomic mass is 35.5. The number of likely N-dealkylation sites (tertiary alicyclic amines) is 1. The van der Waals surface area contributed by atoms with Crippen LogP contribution in [0.15, 0.2) is 18.2 Å². The molecule has 0 bridgehead atoms. The second kappa shape index (κ2) is 10.7. The number of piperidine rings is 1. The Bertz CT molecular complexity index is 835. The smallest absolute Gasteiger partial charge is 0.152 e. The van der Waals surface area contributed by atoms with Crippen LogP contribution in [-0.4, -0.2) is 54.0 Å². The summed E-state index contributed by atoms with van der Waals surface area (Å²) in [6.45, 7) is 8.85. The van der Waals surface area contributed by atoms with Gasteiger partial charge in [-0.25, -0.2) is 0 Å². The molecule has 3 unspecified atom stereocenters. The second-order valence-electron chi connectivity index (χ2n) is 9.26. The molecule has 0 amide bonds. The fourth-order valence-electron chi connectivity index (χ4n) is 6.11. The van der Waals surface area contributed by atoms with E-state index >= 15 is 0 Å². The maximum atomic E-state index is 10.8. The van der Waals surface area contributed by atoms with Gasteiger partial charge in [0.05, 0.1) is 31.9 Å². The highest BCUT2D eigenvalue weighted by molar-refractivity contribution is 5.86. The van der Waals surface area contributed by atoms with E-state index in [1.54, 1.807) is 21.1 Å². The zero-order chi connectivity index (χ0) is 18.4. The molecule has 0 saturated carbocycles. The van der Waals surface area contributed by atoms with Gasteiger partial charge in [-0.05, 0) is 56.7 Å². The van der Waals surface area contributed by atoms with Crippen LogP contribution in [0.2, 0.25) is 0 Å². The van der Waals surface area contributed by atoms with E-state index in [-0.39, 0.29) is 36.4 Å². The number of aryl methyl sites for hydroxylation is 2. The number of fused-ring (bicyclic) bond motifs is 3. The Hall–Kier alpha value is -0.820. The molecule has 5 rings (SSSR count). The molecule has 2 aliphatic heterocycles. The van der Waals surface area contributed by atoms with Crippen LogP contribution in [0.25, 0.3) is 10.9 Å². The van der Waals surface area contributed by atoms with Gasteiger partial charge in [0.25, 0.3) is 0 Å². The second-order valence-corrected chi connectivity index (χ2v) is 9.26. The van der Waals surface area contributed by atoms with Gasteiger partial charge < -0.3 is 49.8 Å². The number of nitrogens with zero attached hydrogens (tertiary/aromatic N) is 1. The predicted octanol–water partition coefficient (Wildman–Crippen LogP) is -6.16. The first-order valence-electron chi connectivity index (χ1n) is 11.2. The maximum absolute atomic E-state index is 10.8. The van der Waals surface area contributed by atoms with Crippen molar-refractivity contribution in [1.82, 2.24) is 4.57 Å². The van der Waals surface area contributed by atoms with E-state index in [4.69, 9.17) is 0 Å². The van der Waals surface area contributed by atoms with Gasteiger partial charge in [0.2, 0.25) is 0 Å². The molecule has 5 nitrogen and oxygen atoms in total.